The minimum Gasteiger partial charge on any atom is -0.393 e. The Balaban J connectivity index is 1.83. The van der Waals surface area contributed by atoms with E-state index in [2.05, 4.69) is 25.6 Å². The molecule has 8 nitrogen and oxygen atoms in total. The lowest BCUT2D eigenvalue weighted by atomic mass is 9.87. The molecule has 1 fully saturated rings. The van der Waals surface area contributed by atoms with Crippen molar-refractivity contribution < 1.29 is 26.7 Å². The molecule has 1 aliphatic heterocycles. The van der Waals surface area contributed by atoms with Gasteiger partial charge in [-0.05, 0) is 12.0 Å². The molecule has 1 amide bonds. The van der Waals surface area contributed by atoms with Gasteiger partial charge in [0.25, 0.3) is 11.8 Å². The third-order valence-corrected chi connectivity index (χ3v) is 5.52. The predicted molar refractivity (Wildman–Crippen MR) is 119 cm³/mol. The lowest BCUT2D eigenvalue weighted by Gasteiger charge is -2.43. The van der Waals surface area contributed by atoms with Gasteiger partial charge in [-0.15, -0.1) is 0 Å². The number of carbonyl (C=O) groups is 1. The summed E-state index contributed by atoms with van der Waals surface area (Å²) in [7, 11) is 1.57. The Morgan fingerprint density at radius 2 is 2.03 bits per heavy atom. The molecule has 2 aromatic heterocycles. The number of hydrogen-bond donors (Lipinski definition) is 3. The second-order valence-corrected chi connectivity index (χ2v) is 8.17. The zero-order chi connectivity index (χ0) is 25.8. The summed E-state index contributed by atoms with van der Waals surface area (Å²) in [5.74, 6) is -4.76. The summed E-state index contributed by atoms with van der Waals surface area (Å²) in [6, 6.07) is 2.47. The molecule has 188 valence electrons. The molecule has 0 bridgehead atoms. The van der Waals surface area contributed by atoms with Crippen molar-refractivity contribution in [3.8, 4) is 0 Å². The van der Waals surface area contributed by atoms with Crippen molar-refractivity contribution in [3.05, 3.63) is 54.4 Å². The third kappa shape index (κ3) is 6.28. The molecule has 3 N–H and O–H groups in total. The topological polar surface area (TPSA) is 107 Å². The number of amides is 1. The highest BCUT2D eigenvalue weighted by atomic mass is 19.4. The number of anilines is 1. The minimum atomic E-state index is -4.65. The molecule has 2 unspecified atom stereocenters. The summed E-state index contributed by atoms with van der Waals surface area (Å²) < 4.78 is 67.0. The van der Waals surface area contributed by atoms with Crippen molar-refractivity contribution in [2.24, 2.45) is 5.92 Å². The van der Waals surface area contributed by atoms with Crippen molar-refractivity contribution in [2.45, 2.75) is 31.5 Å². The average Bonchev–Trinajstić information content (AvgIpc) is 2.80. The smallest absolute Gasteiger partial charge is 0.393 e. The number of rotatable bonds is 7. The van der Waals surface area contributed by atoms with E-state index in [1.165, 1.54) is 18.6 Å². The Morgan fingerprint density at radius 1 is 1.29 bits per heavy atom. The number of hydrogen-bond acceptors (Lipinski definition) is 7. The molecule has 0 aliphatic carbocycles. The van der Waals surface area contributed by atoms with Crippen molar-refractivity contribution in [1.82, 2.24) is 25.2 Å². The van der Waals surface area contributed by atoms with E-state index in [-0.39, 0.29) is 17.9 Å². The van der Waals surface area contributed by atoms with Crippen LogP contribution >= 0.6 is 0 Å². The van der Waals surface area contributed by atoms with Crippen LogP contribution in [0.2, 0.25) is 0 Å². The average molecular weight is 497 g/mol. The van der Waals surface area contributed by atoms with E-state index in [0.717, 1.165) is 11.1 Å². The minimum absolute atomic E-state index is 0.00358. The van der Waals surface area contributed by atoms with E-state index in [4.69, 9.17) is 5.41 Å². The first kappa shape index (κ1) is 26.0. The maximum Gasteiger partial charge on any atom is 0.434 e. The number of nitrogens with one attached hydrogen (secondary N) is 3. The lowest BCUT2D eigenvalue weighted by Crippen LogP contribution is -2.58. The fraction of sp³-hybridized carbons (Fsp3) is 0.409. The fourth-order valence-electron chi connectivity index (χ4n) is 3.88. The second-order valence-electron chi connectivity index (χ2n) is 8.17. The summed E-state index contributed by atoms with van der Waals surface area (Å²) in [5, 5.41) is 14.0. The molecule has 13 heteroatoms. The molecule has 3 rings (SSSR count). The molecular formula is C22H24F5N7O. The van der Waals surface area contributed by atoms with Crippen LogP contribution in [-0.2, 0) is 11.0 Å². The number of aromatic nitrogens is 3. The summed E-state index contributed by atoms with van der Waals surface area (Å²) in [6.07, 6.45) is 0.680. The number of pyridine rings is 1. The number of likely N-dealkylation sites (tertiary alicyclic amines) is 1. The molecule has 35 heavy (non-hydrogen) atoms. The molecule has 1 saturated heterocycles. The maximum atomic E-state index is 14.4. The number of halogens is 5. The summed E-state index contributed by atoms with van der Waals surface area (Å²) in [6.45, 7) is 0.574. The first-order valence-electron chi connectivity index (χ1n) is 10.6. The van der Waals surface area contributed by atoms with Gasteiger partial charge in [-0.25, -0.2) is 18.7 Å². The van der Waals surface area contributed by atoms with Crippen LogP contribution in [0.25, 0.3) is 5.57 Å². The highest BCUT2D eigenvalue weighted by molar-refractivity contribution is 6.54. The van der Waals surface area contributed by atoms with Gasteiger partial charge in [-0.1, -0.05) is 13.0 Å². The zero-order valence-corrected chi connectivity index (χ0v) is 18.9. The second kappa shape index (κ2) is 10.3. The maximum absolute atomic E-state index is 14.4. The number of nitrogens with zero attached hydrogens (tertiary/aromatic N) is 4. The molecule has 2 atom stereocenters. The van der Waals surface area contributed by atoms with Crippen molar-refractivity contribution in [3.63, 3.8) is 0 Å². The highest BCUT2D eigenvalue weighted by Crippen LogP contribution is 2.35. The summed E-state index contributed by atoms with van der Waals surface area (Å²) in [5.41, 5.74) is -1.05. The Labute approximate surface area is 198 Å². The molecule has 0 spiro atoms. The van der Waals surface area contributed by atoms with Crippen LogP contribution in [0.3, 0.4) is 0 Å². The number of alkyl halides is 5. The van der Waals surface area contributed by atoms with E-state index < -0.39 is 54.3 Å². The van der Waals surface area contributed by atoms with E-state index in [1.807, 2.05) is 0 Å². The van der Waals surface area contributed by atoms with Crippen LogP contribution in [0.1, 0.15) is 24.6 Å². The summed E-state index contributed by atoms with van der Waals surface area (Å²) in [4.78, 5) is 25.2. The quantitative estimate of drug-likeness (QED) is 0.400. The van der Waals surface area contributed by atoms with Gasteiger partial charge in [-0.3, -0.25) is 15.2 Å². The molecule has 2 aromatic rings. The van der Waals surface area contributed by atoms with Crippen LogP contribution in [0.15, 0.2) is 43.1 Å². The van der Waals surface area contributed by atoms with Crippen LogP contribution in [0.4, 0.5) is 27.8 Å². The summed E-state index contributed by atoms with van der Waals surface area (Å²) >= 11 is 0. The van der Waals surface area contributed by atoms with Gasteiger partial charge in [0.05, 0.1) is 25.0 Å². The third-order valence-electron chi connectivity index (χ3n) is 5.52. The van der Waals surface area contributed by atoms with Crippen LogP contribution in [0, 0.1) is 11.3 Å². The van der Waals surface area contributed by atoms with E-state index in [1.54, 1.807) is 26.1 Å². The van der Waals surface area contributed by atoms with Crippen LogP contribution in [-0.4, -0.2) is 63.6 Å². The van der Waals surface area contributed by atoms with Gasteiger partial charge in [0.1, 0.15) is 11.5 Å². The SMILES string of the molecule is CN/C=C(\C(=N)C(=O)N1CC(F)(F)CC(C)C1CNc1cnc(C(F)(F)F)cn1)c1cccnc1. The predicted octanol–water partition coefficient (Wildman–Crippen LogP) is 3.45. The number of piperidine rings is 1. The highest BCUT2D eigenvalue weighted by Gasteiger charge is 2.46. The molecular weight excluding hydrogens is 473 g/mol. The van der Waals surface area contributed by atoms with Gasteiger partial charge in [-0.2, -0.15) is 13.2 Å². The monoisotopic (exact) mass is 497 g/mol. The molecule has 0 saturated carbocycles. The normalized spacial score (nSPS) is 20.3. The molecule has 0 aromatic carbocycles. The van der Waals surface area contributed by atoms with Crippen LogP contribution in [0.5, 0.6) is 0 Å². The Bertz CT molecular complexity index is 1070. The zero-order valence-electron chi connectivity index (χ0n) is 18.9. The fourth-order valence-corrected chi connectivity index (χ4v) is 3.88. The van der Waals surface area contributed by atoms with Gasteiger partial charge in [0.2, 0.25) is 0 Å². The van der Waals surface area contributed by atoms with Gasteiger partial charge in [0, 0.05) is 49.7 Å². The standard InChI is InChI=1S/C22H24F5N7O/c1-13-6-21(23,24)12-34(16(13)9-32-18-11-31-17(10-33-18)22(25,26)27)20(35)19(28)15(8-29-2)14-4-3-5-30-7-14/h3-5,7-8,10-11,13,16,28-29H,6,9,12H2,1-2H3,(H,32,33)/b15-8-,28-19?. The number of carbonyl (C=O) groups excluding carboxylic acids is 1. The van der Waals surface area contributed by atoms with Crippen LogP contribution < -0.4 is 10.6 Å². The van der Waals surface area contributed by atoms with E-state index in [9.17, 15) is 26.7 Å². The Hall–Kier alpha value is -3.64. The molecule has 1 aliphatic rings. The van der Waals surface area contributed by atoms with Crippen molar-refractivity contribution in [2.75, 3.05) is 25.5 Å². The lowest BCUT2D eigenvalue weighted by molar-refractivity contribution is -0.145. The first-order valence-corrected chi connectivity index (χ1v) is 10.6. The Kier molecular flexibility index (Phi) is 7.66. The van der Waals surface area contributed by atoms with E-state index in [0.29, 0.717) is 11.8 Å². The van der Waals surface area contributed by atoms with Gasteiger partial charge < -0.3 is 15.5 Å². The molecule has 3 heterocycles. The Morgan fingerprint density at radius 3 is 2.60 bits per heavy atom. The van der Waals surface area contributed by atoms with E-state index >= 15 is 0 Å². The molecule has 0 radical (unpaired) electrons. The largest absolute Gasteiger partial charge is 0.434 e. The van der Waals surface area contributed by atoms with Crippen molar-refractivity contribution >= 4 is 23.0 Å². The van der Waals surface area contributed by atoms with Crippen molar-refractivity contribution in [1.29, 1.82) is 5.41 Å². The first-order chi connectivity index (χ1) is 16.4. The van der Waals surface area contributed by atoms with Gasteiger partial charge in [0.15, 0.2) is 5.69 Å². The van der Waals surface area contributed by atoms with Gasteiger partial charge >= 0.3 is 6.18 Å².